The summed E-state index contributed by atoms with van der Waals surface area (Å²) in [6.07, 6.45) is 1.40. The first kappa shape index (κ1) is 18.0. The van der Waals surface area contributed by atoms with Gasteiger partial charge in [0.1, 0.15) is 17.3 Å². The van der Waals surface area contributed by atoms with Gasteiger partial charge >= 0.3 is 0 Å². The molecule has 1 aromatic heterocycles. The molecule has 1 heterocycles. The minimum absolute atomic E-state index is 0.357. The average molecular weight is 389 g/mol. The lowest BCUT2D eigenvalue weighted by Gasteiger charge is -2.02. The molecule has 5 nitrogen and oxygen atoms in total. The van der Waals surface area contributed by atoms with Crippen LogP contribution in [0.5, 0.6) is 5.75 Å². The van der Waals surface area contributed by atoms with Crippen LogP contribution in [-0.4, -0.2) is 19.2 Å². The van der Waals surface area contributed by atoms with Crippen molar-refractivity contribution in [2.75, 3.05) is 7.11 Å². The van der Waals surface area contributed by atoms with Crippen molar-refractivity contribution < 1.29 is 13.9 Å². The molecule has 1 amide bonds. The van der Waals surface area contributed by atoms with Gasteiger partial charge in [0.2, 0.25) is 0 Å². The third-order valence-electron chi connectivity index (χ3n) is 3.51. The zero-order chi connectivity index (χ0) is 18.5. The van der Waals surface area contributed by atoms with E-state index in [-0.39, 0.29) is 5.91 Å². The molecule has 0 bridgehead atoms. The number of methoxy groups -OCH3 is 1. The first-order valence-electron chi connectivity index (χ1n) is 7.59. The molecule has 0 aliphatic rings. The zero-order valence-electron chi connectivity index (χ0n) is 13.7. The minimum atomic E-state index is -0.357. The van der Waals surface area contributed by atoms with E-state index in [1.807, 2.05) is 0 Å². The highest BCUT2D eigenvalue weighted by Gasteiger charge is 2.09. The van der Waals surface area contributed by atoms with E-state index in [4.69, 9.17) is 32.4 Å². The van der Waals surface area contributed by atoms with Gasteiger partial charge in [-0.3, -0.25) is 4.79 Å². The number of benzene rings is 2. The molecule has 0 saturated carbocycles. The molecule has 0 fully saturated rings. The molecule has 0 aliphatic heterocycles. The summed E-state index contributed by atoms with van der Waals surface area (Å²) in [5.41, 5.74) is 3.55. The van der Waals surface area contributed by atoms with Gasteiger partial charge in [-0.15, -0.1) is 0 Å². The number of hydrazone groups is 1. The Morgan fingerprint density at radius 3 is 2.81 bits per heavy atom. The quantitative estimate of drug-likeness (QED) is 0.492. The smallest absolute Gasteiger partial charge is 0.271 e. The number of hydrogen-bond donors (Lipinski definition) is 1. The van der Waals surface area contributed by atoms with Gasteiger partial charge in [0, 0.05) is 16.1 Å². The van der Waals surface area contributed by atoms with E-state index in [0.717, 1.165) is 0 Å². The molecule has 0 atom stereocenters. The number of carbonyl (C=O) groups is 1. The van der Waals surface area contributed by atoms with Crippen molar-refractivity contribution in [3.8, 4) is 17.1 Å². The average Bonchev–Trinajstić information content (AvgIpc) is 3.12. The van der Waals surface area contributed by atoms with Gasteiger partial charge < -0.3 is 9.15 Å². The summed E-state index contributed by atoms with van der Waals surface area (Å²) in [5, 5.41) is 4.99. The van der Waals surface area contributed by atoms with E-state index >= 15 is 0 Å². The van der Waals surface area contributed by atoms with Crippen LogP contribution >= 0.6 is 23.2 Å². The Kier molecular flexibility index (Phi) is 5.61. The molecule has 1 N–H and O–H groups in total. The molecule has 0 aliphatic carbocycles. The van der Waals surface area contributed by atoms with Crippen LogP contribution in [0.15, 0.2) is 64.1 Å². The summed E-state index contributed by atoms with van der Waals surface area (Å²) >= 11 is 12.1. The topological polar surface area (TPSA) is 63.8 Å². The van der Waals surface area contributed by atoms with Crippen LogP contribution in [0.1, 0.15) is 16.1 Å². The van der Waals surface area contributed by atoms with Gasteiger partial charge in [-0.05, 0) is 48.5 Å². The molecule has 0 saturated heterocycles. The Bertz CT molecular complexity index is 967. The lowest BCUT2D eigenvalue weighted by atomic mass is 10.2. The fourth-order valence-electron chi connectivity index (χ4n) is 2.24. The maximum absolute atomic E-state index is 12.1. The number of halogens is 2. The maximum Gasteiger partial charge on any atom is 0.271 e. The van der Waals surface area contributed by atoms with Crippen LogP contribution < -0.4 is 10.2 Å². The lowest BCUT2D eigenvalue weighted by Crippen LogP contribution is -2.17. The lowest BCUT2D eigenvalue weighted by molar-refractivity contribution is 0.0955. The highest BCUT2D eigenvalue weighted by atomic mass is 35.5. The van der Waals surface area contributed by atoms with Gasteiger partial charge in [-0.1, -0.05) is 29.3 Å². The molecular formula is C19H14Cl2N2O3. The normalized spacial score (nSPS) is 10.9. The summed E-state index contributed by atoms with van der Waals surface area (Å²) in [5.74, 6) is 1.25. The van der Waals surface area contributed by atoms with Crippen LogP contribution in [-0.2, 0) is 0 Å². The first-order chi connectivity index (χ1) is 12.6. The van der Waals surface area contributed by atoms with Crippen molar-refractivity contribution in [2.45, 2.75) is 0 Å². The van der Waals surface area contributed by atoms with Gasteiger partial charge in [0.15, 0.2) is 0 Å². The van der Waals surface area contributed by atoms with Crippen LogP contribution in [0.25, 0.3) is 11.3 Å². The van der Waals surface area contributed by atoms with E-state index in [1.165, 1.54) is 13.3 Å². The van der Waals surface area contributed by atoms with Crippen LogP contribution in [0.3, 0.4) is 0 Å². The van der Waals surface area contributed by atoms with Crippen molar-refractivity contribution in [1.29, 1.82) is 0 Å². The fourth-order valence-corrected chi connectivity index (χ4v) is 2.62. The van der Waals surface area contributed by atoms with Crippen molar-refractivity contribution >= 4 is 35.3 Å². The number of carbonyl (C=O) groups excluding carboxylic acids is 1. The number of nitrogens with zero attached hydrogens (tertiary/aromatic N) is 1. The van der Waals surface area contributed by atoms with Crippen LogP contribution in [0.4, 0.5) is 0 Å². The zero-order valence-corrected chi connectivity index (χ0v) is 15.2. The Morgan fingerprint density at radius 1 is 1.15 bits per heavy atom. The van der Waals surface area contributed by atoms with Crippen molar-refractivity contribution in [1.82, 2.24) is 5.43 Å². The Labute approximate surface area is 160 Å². The summed E-state index contributed by atoms with van der Waals surface area (Å²) in [4.78, 5) is 12.1. The molecule has 2 aromatic carbocycles. The molecule has 26 heavy (non-hydrogen) atoms. The molecule has 0 unspecified atom stereocenters. The van der Waals surface area contributed by atoms with E-state index in [0.29, 0.717) is 38.4 Å². The third-order valence-corrected chi connectivity index (χ3v) is 4.08. The Balaban J connectivity index is 1.69. The van der Waals surface area contributed by atoms with Gasteiger partial charge in [-0.25, -0.2) is 5.43 Å². The van der Waals surface area contributed by atoms with Crippen LogP contribution in [0, 0.1) is 0 Å². The highest BCUT2D eigenvalue weighted by Crippen LogP contribution is 2.31. The van der Waals surface area contributed by atoms with Crippen molar-refractivity contribution in [2.24, 2.45) is 5.10 Å². The van der Waals surface area contributed by atoms with Gasteiger partial charge in [-0.2, -0.15) is 5.10 Å². The van der Waals surface area contributed by atoms with Crippen molar-refractivity contribution in [3.05, 3.63) is 76.0 Å². The van der Waals surface area contributed by atoms with E-state index in [9.17, 15) is 4.79 Å². The molecular weight excluding hydrogens is 375 g/mol. The minimum Gasteiger partial charge on any atom is -0.497 e. The number of ether oxygens (including phenoxy) is 1. The number of furan rings is 1. The molecule has 0 radical (unpaired) electrons. The van der Waals surface area contributed by atoms with E-state index in [1.54, 1.807) is 54.6 Å². The van der Waals surface area contributed by atoms with E-state index < -0.39 is 0 Å². The monoisotopic (exact) mass is 388 g/mol. The second-order valence-electron chi connectivity index (χ2n) is 5.26. The van der Waals surface area contributed by atoms with Crippen LogP contribution in [0.2, 0.25) is 10.0 Å². The number of rotatable bonds is 5. The predicted molar refractivity (Wildman–Crippen MR) is 102 cm³/mol. The van der Waals surface area contributed by atoms with E-state index in [2.05, 4.69) is 10.5 Å². The molecule has 0 spiro atoms. The Hall–Kier alpha value is -2.76. The maximum atomic E-state index is 12.1. The summed E-state index contributed by atoms with van der Waals surface area (Å²) in [6, 6.07) is 15.4. The third kappa shape index (κ3) is 4.25. The molecule has 7 heteroatoms. The number of amides is 1. The first-order valence-corrected chi connectivity index (χ1v) is 8.35. The second kappa shape index (κ2) is 8.08. The molecule has 132 valence electrons. The fraction of sp³-hybridized carbons (Fsp3) is 0.0526. The summed E-state index contributed by atoms with van der Waals surface area (Å²) in [6.45, 7) is 0. The highest BCUT2D eigenvalue weighted by molar-refractivity contribution is 6.35. The number of hydrogen-bond acceptors (Lipinski definition) is 4. The second-order valence-corrected chi connectivity index (χ2v) is 6.10. The predicted octanol–water partition coefficient (Wildman–Crippen LogP) is 5.03. The van der Waals surface area contributed by atoms with Gasteiger partial charge in [0.25, 0.3) is 5.91 Å². The largest absolute Gasteiger partial charge is 0.497 e. The standard InChI is InChI=1S/C19H14Cl2N2O3/c1-25-14-4-2-3-12(9-14)19(24)23-22-11-15-6-8-18(26-15)16-10-13(20)5-7-17(16)21/h2-11H,1H3,(H,23,24)/b22-11-. The Morgan fingerprint density at radius 2 is 2.00 bits per heavy atom. The molecule has 3 aromatic rings. The molecule has 3 rings (SSSR count). The van der Waals surface area contributed by atoms with Crippen molar-refractivity contribution in [3.63, 3.8) is 0 Å². The SMILES string of the molecule is COc1cccc(C(=O)N/N=C\c2ccc(-c3cc(Cl)ccc3Cl)o2)c1. The summed E-state index contributed by atoms with van der Waals surface area (Å²) < 4.78 is 10.8. The number of nitrogens with one attached hydrogen (secondary N) is 1. The van der Waals surface area contributed by atoms with Gasteiger partial charge in [0.05, 0.1) is 18.3 Å². The summed E-state index contributed by atoms with van der Waals surface area (Å²) in [7, 11) is 1.54.